The summed E-state index contributed by atoms with van der Waals surface area (Å²) in [5, 5.41) is 3.73. The first-order valence-corrected chi connectivity index (χ1v) is 7.28. The molecule has 3 aromatic rings. The zero-order valence-electron chi connectivity index (χ0n) is 11.5. The topological polar surface area (TPSA) is 47.0 Å². The quantitative estimate of drug-likeness (QED) is 0.512. The van der Waals surface area contributed by atoms with Gasteiger partial charge in [-0.25, -0.2) is 4.98 Å². The normalized spacial score (nSPS) is 13.6. The predicted molar refractivity (Wildman–Crippen MR) is 87.2 cm³/mol. The molecule has 2 aromatic carbocycles. The van der Waals surface area contributed by atoms with Crippen LogP contribution in [0.4, 0.5) is 0 Å². The number of ketones is 1. The van der Waals surface area contributed by atoms with E-state index in [4.69, 9.17) is 11.6 Å². The van der Waals surface area contributed by atoms with Crippen molar-refractivity contribution in [2.75, 3.05) is 0 Å². The largest absolute Gasteiger partial charge is 0.294 e. The minimum atomic E-state index is -0.485. The van der Waals surface area contributed by atoms with Crippen molar-refractivity contribution >= 4 is 56.5 Å². The summed E-state index contributed by atoms with van der Waals surface area (Å²) in [5.41, 5.74) is 1.22. The number of carbonyl (C=O) groups excluding carboxylic acids is 2. The number of carbonyl (C=O) groups is 2. The third kappa shape index (κ3) is 1.94. The van der Waals surface area contributed by atoms with E-state index in [2.05, 4.69) is 4.98 Å². The minimum absolute atomic E-state index is 0.0526. The van der Waals surface area contributed by atoms with E-state index in [-0.39, 0.29) is 5.78 Å². The molecule has 1 aliphatic carbocycles. The van der Waals surface area contributed by atoms with Gasteiger partial charge in [-0.15, -0.1) is 0 Å². The number of halogens is 1. The summed E-state index contributed by atoms with van der Waals surface area (Å²) in [6.45, 7) is 0. The van der Waals surface area contributed by atoms with Gasteiger partial charge in [-0.1, -0.05) is 24.3 Å². The van der Waals surface area contributed by atoms with E-state index in [0.29, 0.717) is 17.3 Å². The third-order valence-corrected chi connectivity index (χ3v) is 4.14. The molecule has 1 aromatic heterocycles. The Bertz CT molecular complexity index is 1100. The molecule has 4 rings (SSSR count). The smallest absolute Gasteiger partial charge is 0.253 e. The summed E-state index contributed by atoms with van der Waals surface area (Å²) in [7, 11) is 0. The Hall–Kier alpha value is -2.52. The van der Waals surface area contributed by atoms with Crippen LogP contribution in [0.1, 0.15) is 16.8 Å². The number of benzene rings is 2. The van der Waals surface area contributed by atoms with Crippen molar-refractivity contribution in [2.24, 2.45) is 0 Å². The molecule has 0 amide bonds. The van der Waals surface area contributed by atoms with Crippen LogP contribution in [0.2, 0.25) is 0 Å². The Morgan fingerprint density at radius 3 is 2.86 bits per heavy atom. The second-order valence-corrected chi connectivity index (χ2v) is 5.63. The first kappa shape index (κ1) is 13.2. The van der Waals surface area contributed by atoms with Gasteiger partial charge in [0.05, 0.1) is 10.9 Å². The van der Waals surface area contributed by atoms with Crippen molar-refractivity contribution in [3.63, 3.8) is 0 Å². The molecular weight excluding hydrogens is 298 g/mol. The number of nitrogens with zero attached hydrogens (tertiary/aromatic N) is 1. The second-order valence-electron chi connectivity index (χ2n) is 5.29. The van der Waals surface area contributed by atoms with E-state index in [1.165, 1.54) is 0 Å². The van der Waals surface area contributed by atoms with E-state index in [1.807, 2.05) is 36.4 Å². The molecule has 0 spiro atoms. The van der Waals surface area contributed by atoms with Gasteiger partial charge in [-0.2, -0.15) is 0 Å². The van der Waals surface area contributed by atoms with Crippen LogP contribution < -0.4 is 10.6 Å². The highest BCUT2D eigenvalue weighted by atomic mass is 35.5. The fourth-order valence-corrected chi connectivity index (χ4v) is 3.09. The van der Waals surface area contributed by atoms with Crippen molar-refractivity contribution in [3.8, 4) is 0 Å². The molecule has 0 aliphatic heterocycles. The molecule has 4 heteroatoms. The standard InChI is InChI=1S/C18H10ClNO2/c19-18(22)13-3-1-2-10-5-7-15-14(17(10)13)8-11-4-6-12(21)9-16(11)20-15/h1-5,7-9H,6H2. The average Bonchev–Trinajstić information content (AvgIpc) is 2.52. The Kier molecular flexibility index (Phi) is 2.84. The van der Waals surface area contributed by atoms with Crippen molar-refractivity contribution in [3.05, 3.63) is 52.5 Å². The fourth-order valence-electron chi connectivity index (χ4n) is 2.93. The summed E-state index contributed by atoms with van der Waals surface area (Å²) in [4.78, 5) is 27.8. The Labute approximate surface area is 130 Å². The van der Waals surface area contributed by atoms with Gasteiger partial charge in [0.2, 0.25) is 0 Å². The highest BCUT2D eigenvalue weighted by Crippen LogP contribution is 2.27. The molecule has 0 atom stereocenters. The van der Waals surface area contributed by atoms with Gasteiger partial charge in [0, 0.05) is 28.8 Å². The van der Waals surface area contributed by atoms with E-state index < -0.39 is 5.24 Å². The Morgan fingerprint density at radius 2 is 2.05 bits per heavy atom. The Morgan fingerprint density at radius 1 is 1.18 bits per heavy atom. The zero-order valence-corrected chi connectivity index (χ0v) is 12.2. The molecule has 0 N–H and O–H groups in total. The number of hydrogen-bond donors (Lipinski definition) is 0. The number of hydrogen-bond acceptors (Lipinski definition) is 3. The number of rotatable bonds is 1. The molecule has 1 aliphatic rings. The lowest BCUT2D eigenvalue weighted by Crippen LogP contribution is -2.32. The van der Waals surface area contributed by atoms with Gasteiger partial charge < -0.3 is 0 Å². The maximum Gasteiger partial charge on any atom is 0.253 e. The number of aromatic nitrogens is 1. The minimum Gasteiger partial charge on any atom is -0.294 e. The van der Waals surface area contributed by atoms with Gasteiger partial charge in [-0.05, 0) is 40.4 Å². The highest BCUT2D eigenvalue weighted by Gasteiger charge is 2.12. The maximum atomic E-state index is 11.7. The summed E-state index contributed by atoms with van der Waals surface area (Å²) >= 11 is 5.73. The zero-order chi connectivity index (χ0) is 15.3. The molecule has 0 fully saturated rings. The molecule has 0 unspecified atom stereocenters. The van der Waals surface area contributed by atoms with Crippen LogP contribution in [0.3, 0.4) is 0 Å². The van der Waals surface area contributed by atoms with Crippen LogP contribution in [-0.4, -0.2) is 16.0 Å². The molecule has 0 saturated heterocycles. The van der Waals surface area contributed by atoms with E-state index in [1.54, 1.807) is 12.1 Å². The van der Waals surface area contributed by atoms with E-state index in [9.17, 15) is 9.59 Å². The lowest BCUT2D eigenvalue weighted by molar-refractivity contribution is -0.112. The van der Waals surface area contributed by atoms with Crippen LogP contribution in [-0.2, 0) is 4.79 Å². The SMILES string of the molecule is O=C1C=c2nc3ccc4cccc(C(=O)Cl)c4c3cc2=CC1. The van der Waals surface area contributed by atoms with Crippen LogP contribution in [0, 0.1) is 0 Å². The predicted octanol–water partition coefficient (Wildman–Crippen LogP) is 2.30. The number of fused-ring (bicyclic) bond motifs is 4. The highest BCUT2D eigenvalue weighted by molar-refractivity contribution is 6.69. The Balaban J connectivity index is 2.24. The van der Waals surface area contributed by atoms with Crippen molar-refractivity contribution in [1.29, 1.82) is 0 Å². The second kappa shape index (κ2) is 4.75. The van der Waals surface area contributed by atoms with E-state index >= 15 is 0 Å². The van der Waals surface area contributed by atoms with Crippen LogP contribution in [0.5, 0.6) is 0 Å². The average molecular weight is 308 g/mol. The molecule has 1 heterocycles. The van der Waals surface area contributed by atoms with Gasteiger partial charge in [0.15, 0.2) is 5.78 Å². The number of pyridine rings is 1. The van der Waals surface area contributed by atoms with Crippen molar-refractivity contribution in [2.45, 2.75) is 6.42 Å². The summed E-state index contributed by atoms with van der Waals surface area (Å²) in [5.74, 6) is 0.0526. The molecule has 3 nitrogen and oxygen atoms in total. The van der Waals surface area contributed by atoms with Gasteiger partial charge in [-0.3, -0.25) is 9.59 Å². The first-order valence-electron chi connectivity index (χ1n) is 6.90. The van der Waals surface area contributed by atoms with Gasteiger partial charge in [0.1, 0.15) is 0 Å². The molecule has 0 radical (unpaired) electrons. The molecular formula is C18H10ClNO2. The van der Waals surface area contributed by atoms with Crippen LogP contribution in [0.25, 0.3) is 33.8 Å². The number of Topliss-reactive ketones (excluding diaryl/α,β-unsaturated/α-hetero) is 1. The molecule has 106 valence electrons. The summed E-state index contributed by atoms with van der Waals surface area (Å²) in [6, 6.07) is 11.3. The maximum absolute atomic E-state index is 11.7. The van der Waals surface area contributed by atoms with E-state index in [0.717, 1.165) is 26.9 Å². The van der Waals surface area contributed by atoms with Crippen LogP contribution in [0.15, 0.2) is 36.4 Å². The fraction of sp³-hybridized carbons (Fsp3) is 0.0556. The molecule has 0 saturated carbocycles. The lowest BCUT2D eigenvalue weighted by Gasteiger charge is -2.08. The van der Waals surface area contributed by atoms with Gasteiger partial charge >= 0.3 is 0 Å². The van der Waals surface area contributed by atoms with Crippen LogP contribution >= 0.6 is 11.6 Å². The molecule has 22 heavy (non-hydrogen) atoms. The monoisotopic (exact) mass is 307 g/mol. The van der Waals surface area contributed by atoms with Gasteiger partial charge in [0.25, 0.3) is 5.24 Å². The van der Waals surface area contributed by atoms with Crippen molar-refractivity contribution in [1.82, 2.24) is 4.98 Å². The summed E-state index contributed by atoms with van der Waals surface area (Å²) in [6.07, 6.45) is 3.82. The lowest BCUT2D eigenvalue weighted by atomic mass is 9.99. The molecule has 0 bridgehead atoms. The summed E-state index contributed by atoms with van der Waals surface area (Å²) < 4.78 is 0. The first-order chi connectivity index (χ1) is 10.6. The third-order valence-electron chi connectivity index (χ3n) is 3.93. The van der Waals surface area contributed by atoms with Crippen molar-refractivity contribution < 1.29 is 9.59 Å².